The maximum Gasteiger partial charge on any atom is 0.416 e. The van der Waals surface area contributed by atoms with Crippen molar-refractivity contribution in [1.82, 2.24) is 15.2 Å². The van der Waals surface area contributed by atoms with Crippen molar-refractivity contribution in [2.24, 2.45) is 0 Å². The molecule has 2 N–H and O–H groups in total. The number of amides is 1. The number of nitrogens with one attached hydrogen (secondary N) is 2. The molecule has 1 unspecified atom stereocenters. The van der Waals surface area contributed by atoms with Crippen molar-refractivity contribution in [2.45, 2.75) is 29.9 Å². The number of aromatic amines is 1. The first-order valence-corrected chi connectivity index (χ1v) is 11.9. The zero-order chi connectivity index (χ0) is 25.0. The predicted molar refractivity (Wildman–Crippen MR) is 131 cm³/mol. The molecule has 4 rings (SSSR count). The molecule has 0 saturated carbocycles. The Bertz CT molecular complexity index is 1310. The fourth-order valence-corrected chi connectivity index (χ4v) is 4.41. The van der Waals surface area contributed by atoms with E-state index in [2.05, 4.69) is 27.4 Å². The Hall–Kier alpha value is -3.30. The van der Waals surface area contributed by atoms with Gasteiger partial charge < -0.3 is 5.32 Å². The van der Waals surface area contributed by atoms with Crippen LogP contribution in [0.3, 0.4) is 0 Å². The first-order chi connectivity index (χ1) is 16.7. The van der Waals surface area contributed by atoms with Crippen LogP contribution in [0.1, 0.15) is 28.9 Å². The van der Waals surface area contributed by atoms with Crippen molar-refractivity contribution >= 4 is 35.0 Å². The number of rotatable bonds is 7. The number of nitrogens with zero attached hydrogens (tertiary/aromatic N) is 2. The van der Waals surface area contributed by atoms with Gasteiger partial charge in [0.15, 0.2) is 5.82 Å². The van der Waals surface area contributed by atoms with Crippen LogP contribution in [0.25, 0.3) is 11.4 Å². The molecule has 3 aromatic carbocycles. The number of H-pyrrole nitrogens is 1. The number of aryl methyl sites for hydroxylation is 1. The third-order valence-corrected chi connectivity index (χ3v) is 6.66. The number of hydrogen-bond acceptors (Lipinski definition) is 4. The van der Waals surface area contributed by atoms with Crippen molar-refractivity contribution < 1.29 is 18.0 Å². The van der Waals surface area contributed by atoms with Gasteiger partial charge >= 0.3 is 6.18 Å². The summed E-state index contributed by atoms with van der Waals surface area (Å²) >= 11 is 7.15. The van der Waals surface area contributed by atoms with E-state index in [0.717, 1.165) is 41.9 Å². The van der Waals surface area contributed by atoms with Crippen LogP contribution in [-0.4, -0.2) is 21.1 Å². The van der Waals surface area contributed by atoms with E-state index < -0.39 is 22.9 Å². The van der Waals surface area contributed by atoms with Crippen LogP contribution in [-0.2, 0) is 17.4 Å². The molecule has 10 heteroatoms. The number of carbonyl (C=O) groups is 1. The van der Waals surface area contributed by atoms with Crippen LogP contribution in [0.2, 0.25) is 5.02 Å². The van der Waals surface area contributed by atoms with Gasteiger partial charge in [0.25, 0.3) is 0 Å². The van der Waals surface area contributed by atoms with Gasteiger partial charge in [0.1, 0.15) is 5.25 Å². The maximum absolute atomic E-state index is 13.2. The Balaban J connectivity index is 1.59. The summed E-state index contributed by atoms with van der Waals surface area (Å²) in [6, 6.07) is 19.5. The molecule has 5 nitrogen and oxygen atoms in total. The SMILES string of the molecule is CCc1ccc(-c2nc(SC(C(=O)Nc3cc(C(F)(F)F)ccc3Cl)c3ccccc3)n[nH]2)cc1. The van der Waals surface area contributed by atoms with E-state index in [4.69, 9.17) is 11.6 Å². The molecule has 1 heterocycles. The molecule has 0 bridgehead atoms. The number of hydrogen-bond donors (Lipinski definition) is 2. The van der Waals surface area contributed by atoms with E-state index >= 15 is 0 Å². The second-order valence-electron chi connectivity index (χ2n) is 7.61. The highest BCUT2D eigenvalue weighted by molar-refractivity contribution is 8.00. The number of aromatic nitrogens is 3. The molecule has 0 fully saturated rings. The first kappa shape index (κ1) is 24.8. The number of anilines is 1. The molecule has 1 atom stereocenters. The first-order valence-electron chi connectivity index (χ1n) is 10.7. The van der Waals surface area contributed by atoms with Crippen molar-refractivity contribution in [3.05, 3.63) is 94.5 Å². The highest BCUT2D eigenvalue weighted by atomic mass is 35.5. The Kier molecular flexibility index (Phi) is 7.47. The summed E-state index contributed by atoms with van der Waals surface area (Å²) in [6.07, 6.45) is -3.65. The van der Waals surface area contributed by atoms with Gasteiger partial charge in [0.05, 0.1) is 16.3 Å². The van der Waals surface area contributed by atoms with Crippen molar-refractivity contribution in [3.8, 4) is 11.4 Å². The van der Waals surface area contributed by atoms with Gasteiger partial charge in [0.2, 0.25) is 11.1 Å². The van der Waals surface area contributed by atoms with Crippen molar-refractivity contribution in [2.75, 3.05) is 5.32 Å². The fraction of sp³-hybridized carbons (Fsp3) is 0.160. The summed E-state index contributed by atoms with van der Waals surface area (Å²) in [5.74, 6) is -0.00984. The third kappa shape index (κ3) is 6.04. The fourth-order valence-electron chi connectivity index (χ4n) is 3.33. The summed E-state index contributed by atoms with van der Waals surface area (Å²) in [5.41, 5.74) is 1.64. The van der Waals surface area contributed by atoms with E-state index in [-0.39, 0.29) is 10.7 Å². The lowest BCUT2D eigenvalue weighted by atomic mass is 10.1. The Labute approximate surface area is 209 Å². The minimum atomic E-state index is -4.57. The zero-order valence-electron chi connectivity index (χ0n) is 18.4. The monoisotopic (exact) mass is 516 g/mol. The number of thioether (sulfide) groups is 1. The average Bonchev–Trinajstić information content (AvgIpc) is 3.32. The molecule has 0 spiro atoms. The van der Waals surface area contributed by atoms with Gasteiger partial charge in [-0.3, -0.25) is 9.89 Å². The summed E-state index contributed by atoms with van der Waals surface area (Å²) in [4.78, 5) is 17.7. The smallest absolute Gasteiger partial charge is 0.323 e. The van der Waals surface area contributed by atoms with Crippen molar-refractivity contribution in [1.29, 1.82) is 0 Å². The lowest BCUT2D eigenvalue weighted by Crippen LogP contribution is -2.20. The van der Waals surface area contributed by atoms with Crippen LogP contribution in [0.5, 0.6) is 0 Å². The molecule has 1 amide bonds. The Morgan fingerprint density at radius 1 is 1.09 bits per heavy atom. The van der Waals surface area contributed by atoms with Gasteiger partial charge in [-0.05, 0) is 35.7 Å². The number of alkyl halides is 3. The van der Waals surface area contributed by atoms with Gasteiger partial charge in [-0.2, -0.15) is 13.2 Å². The molecular formula is C25H20ClF3N4OS. The summed E-state index contributed by atoms with van der Waals surface area (Å²) < 4.78 is 39.5. The molecule has 35 heavy (non-hydrogen) atoms. The summed E-state index contributed by atoms with van der Waals surface area (Å²) in [7, 11) is 0. The quantitative estimate of drug-likeness (QED) is 0.255. The van der Waals surface area contributed by atoms with Crippen LogP contribution < -0.4 is 5.32 Å². The summed E-state index contributed by atoms with van der Waals surface area (Å²) in [6.45, 7) is 2.07. The number of carbonyl (C=O) groups excluding carboxylic acids is 1. The second-order valence-corrected chi connectivity index (χ2v) is 9.09. The molecule has 180 valence electrons. The van der Waals surface area contributed by atoms with E-state index in [1.807, 2.05) is 24.3 Å². The number of halogens is 4. The van der Waals surface area contributed by atoms with Gasteiger partial charge in [0, 0.05) is 5.56 Å². The van der Waals surface area contributed by atoms with Crippen LogP contribution in [0, 0.1) is 0 Å². The van der Waals surface area contributed by atoms with Crippen LogP contribution >= 0.6 is 23.4 Å². The van der Waals surface area contributed by atoms with Crippen molar-refractivity contribution in [3.63, 3.8) is 0 Å². The molecule has 4 aromatic rings. The van der Waals surface area contributed by atoms with Gasteiger partial charge in [-0.1, -0.05) is 84.9 Å². The number of benzene rings is 3. The highest BCUT2D eigenvalue weighted by Gasteiger charge is 2.32. The minimum absolute atomic E-state index is 0.00105. The predicted octanol–water partition coefficient (Wildman–Crippen LogP) is 7.18. The highest BCUT2D eigenvalue weighted by Crippen LogP contribution is 2.37. The van der Waals surface area contributed by atoms with Crippen LogP contribution in [0.4, 0.5) is 18.9 Å². The topological polar surface area (TPSA) is 70.7 Å². The average molecular weight is 517 g/mol. The lowest BCUT2D eigenvalue weighted by molar-refractivity contribution is -0.137. The van der Waals surface area contributed by atoms with Crippen LogP contribution in [0.15, 0.2) is 78.0 Å². The Morgan fingerprint density at radius 2 is 1.80 bits per heavy atom. The van der Waals surface area contributed by atoms with E-state index in [1.54, 1.807) is 30.3 Å². The largest absolute Gasteiger partial charge is 0.416 e. The van der Waals surface area contributed by atoms with Gasteiger partial charge in [-0.15, -0.1) is 5.10 Å². The lowest BCUT2D eigenvalue weighted by Gasteiger charge is -2.17. The molecule has 0 aliphatic carbocycles. The molecule has 0 saturated heterocycles. The molecule has 0 radical (unpaired) electrons. The maximum atomic E-state index is 13.2. The second kappa shape index (κ2) is 10.5. The molecule has 0 aliphatic rings. The van der Waals surface area contributed by atoms with E-state index in [0.29, 0.717) is 16.5 Å². The molecule has 0 aliphatic heterocycles. The van der Waals surface area contributed by atoms with E-state index in [1.165, 1.54) is 5.56 Å². The standard InChI is InChI=1S/C25H20ClF3N4OS/c1-2-15-8-10-17(11-9-15)22-31-24(33-32-22)35-21(16-6-4-3-5-7-16)23(34)30-20-14-18(25(27,28)29)12-13-19(20)26/h3-14,21H,2H2,1H3,(H,30,34)(H,31,32,33). The summed E-state index contributed by atoms with van der Waals surface area (Å²) in [5, 5.41) is 9.12. The van der Waals surface area contributed by atoms with E-state index in [9.17, 15) is 18.0 Å². The third-order valence-electron chi connectivity index (χ3n) is 5.22. The normalized spacial score (nSPS) is 12.4. The van der Waals surface area contributed by atoms with Gasteiger partial charge in [-0.25, -0.2) is 4.98 Å². The molecule has 1 aromatic heterocycles. The Morgan fingerprint density at radius 3 is 2.46 bits per heavy atom. The molecular weight excluding hydrogens is 497 g/mol. The minimum Gasteiger partial charge on any atom is -0.323 e. The zero-order valence-corrected chi connectivity index (χ0v) is 20.0.